The molecular weight excluding hydrogens is 259 g/mol. The number of nitrogens with one attached hydrogen (secondary N) is 1. The van der Waals surface area contributed by atoms with Gasteiger partial charge >= 0.3 is 0 Å². The summed E-state index contributed by atoms with van der Waals surface area (Å²) in [6, 6.07) is 4.74. The maximum Gasteiger partial charge on any atom is 0.220 e. The van der Waals surface area contributed by atoms with Crippen molar-refractivity contribution < 1.29 is 13.9 Å². The predicted octanol–water partition coefficient (Wildman–Crippen LogP) is 1.97. The molecule has 1 aliphatic carbocycles. The lowest BCUT2D eigenvalue weighted by molar-refractivity contribution is -0.122. The van der Waals surface area contributed by atoms with Crippen molar-refractivity contribution in [3.8, 4) is 5.75 Å². The number of carbonyl (C=O) groups is 1. The lowest BCUT2D eigenvalue weighted by Crippen LogP contribution is -2.31. The van der Waals surface area contributed by atoms with Crippen molar-refractivity contribution in [3.05, 3.63) is 29.6 Å². The topological polar surface area (TPSA) is 64.3 Å². The van der Waals surface area contributed by atoms with Crippen LogP contribution in [0.2, 0.25) is 0 Å². The van der Waals surface area contributed by atoms with Crippen LogP contribution in [0.15, 0.2) is 18.2 Å². The minimum Gasteiger partial charge on any atom is -0.497 e. The summed E-state index contributed by atoms with van der Waals surface area (Å²) in [5.41, 5.74) is 6.39. The minimum atomic E-state index is -0.373. The number of carbonyl (C=O) groups excluding carboxylic acids is 1. The van der Waals surface area contributed by atoms with Gasteiger partial charge < -0.3 is 15.8 Å². The number of hydrogen-bond donors (Lipinski definition) is 2. The molecule has 1 aromatic rings. The molecule has 0 aromatic heterocycles. The summed E-state index contributed by atoms with van der Waals surface area (Å²) in [6.45, 7) is 0.191. The number of methoxy groups -OCH3 is 1. The van der Waals surface area contributed by atoms with E-state index < -0.39 is 0 Å². The molecule has 5 heteroatoms. The molecule has 0 bridgehead atoms. The van der Waals surface area contributed by atoms with Gasteiger partial charge in [0.25, 0.3) is 0 Å². The monoisotopic (exact) mass is 280 g/mol. The van der Waals surface area contributed by atoms with Crippen molar-refractivity contribution >= 4 is 5.91 Å². The van der Waals surface area contributed by atoms with Crippen LogP contribution in [0.1, 0.15) is 31.2 Å². The third kappa shape index (κ3) is 3.70. The molecule has 1 fully saturated rings. The molecule has 0 aliphatic heterocycles. The predicted molar refractivity (Wildman–Crippen MR) is 74.7 cm³/mol. The molecule has 2 rings (SSSR count). The van der Waals surface area contributed by atoms with E-state index in [9.17, 15) is 9.18 Å². The molecular formula is C15H21FN2O2. The molecule has 110 valence electrons. The number of hydrogen-bond acceptors (Lipinski definition) is 3. The number of nitrogens with two attached hydrogens (primary N) is 1. The van der Waals surface area contributed by atoms with Gasteiger partial charge in [-0.2, -0.15) is 0 Å². The van der Waals surface area contributed by atoms with Gasteiger partial charge in [-0.1, -0.05) is 12.5 Å². The first-order chi connectivity index (χ1) is 9.60. The molecule has 0 heterocycles. The lowest BCUT2D eigenvalue weighted by atomic mass is 10.00. The molecule has 4 nitrogen and oxygen atoms in total. The number of ether oxygens (including phenoxy) is 1. The van der Waals surface area contributed by atoms with Crippen LogP contribution in [0.5, 0.6) is 5.75 Å². The Morgan fingerprint density at radius 3 is 2.90 bits per heavy atom. The average molecular weight is 280 g/mol. The highest BCUT2D eigenvalue weighted by Gasteiger charge is 2.25. The van der Waals surface area contributed by atoms with Gasteiger partial charge in [-0.25, -0.2) is 4.39 Å². The smallest absolute Gasteiger partial charge is 0.220 e. The fourth-order valence-electron chi connectivity index (χ4n) is 2.62. The second-order valence-electron chi connectivity index (χ2n) is 5.29. The van der Waals surface area contributed by atoms with Crippen LogP contribution in [0, 0.1) is 11.7 Å². The zero-order valence-corrected chi connectivity index (χ0v) is 11.7. The van der Waals surface area contributed by atoms with Crippen LogP contribution in [0.4, 0.5) is 4.39 Å². The first kappa shape index (κ1) is 14.8. The molecule has 20 heavy (non-hydrogen) atoms. The van der Waals surface area contributed by atoms with Gasteiger partial charge in [-0.15, -0.1) is 0 Å². The minimum absolute atomic E-state index is 0.0671. The molecule has 2 atom stereocenters. The Labute approximate surface area is 118 Å². The van der Waals surface area contributed by atoms with Crippen LogP contribution in [0.3, 0.4) is 0 Å². The van der Waals surface area contributed by atoms with Crippen molar-refractivity contribution in [3.63, 3.8) is 0 Å². The van der Waals surface area contributed by atoms with Gasteiger partial charge in [0.15, 0.2) is 0 Å². The van der Waals surface area contributed by atoms with E-state index in [2.05, 4.69) is 5.32 Å². The molecule has 1 amide bonds. The summed E-state index contributed by atoms with van der Waals surface area (Å²) in [5, 5.41) is 2.75. The second kappa shape index (κ2) is 6.70. The Hall–Kier alpha value is -1.62. The summed E-state index contributed by atoms with van der Waals surface area (Å²) in [5.74, 6) is 0.287. The van der Waals surface area contributed by atoms with E-state index in [0.29, 0.717) is 17.7 Å². The third-order valence-corrected chi connectivity index (χ3v) is 3.90. The SMILES string of the molecule is COc1ccc(CNC(=O)C[C@@H]2CCC[C@H]2N)c(F)c1. The van der Waals surface area contributed by atoms with E-state index in [1.54, 1.807) is 12.1 Å². The molecule has 0 unspecified atom stereocenters. The maximum atomic E-state index is 13.7. The van der Waals surface area contributed by atoms with E-state index in [0.717, 1.165) is 19.3 Å². The van der Waals surface area contributed by atoms with Crippen LogP contribution < -0.4 is 15.8 Å². The Kier molecular flexibility index (Phi) is 4.95. The quantitative estimate of drug-likeness (QED) is 0.866. The van der Waals surface area contributed by atoms with Gasteiger partial charge in [0.2, 0.25) is 5.91 Å². The van der Waals surface area contributed by atoms with E-state index in [-0.39, 0.29) is 30.2 Å². The van der Waals surface area contributed by atoms with Gasteiger partial charge in [0.05, 0.1) is 7.11 Å². The maximum absolute atomic E-state index is 13.7. The van der Waals surface area contributed by atoms with E-state index in [1.165, 1.54) is 13.2 Å². The molecule has 0 saturated heterocycles. The second-order valence-corrected chi connectivity index (χ2v) is 5.29. The summed E-state index contributed by atoms with van der Waals surface area (Å²) >= 11 is 0. The zero-order valence-electron chi connectivity index (χ0n) is 11.7. The fraction of sp³-hybridized carbons (Fsp3) is 0.533. The van der Waals surface area contributed by atoms with Crippen LogP contribution in [-0.4, -0.2) is 19.1 Å². The van der Waals surface area contributed by atoms with Gasteiger partial charge in [0, 0.05) is 30.6 Å². The summed E-state index contributed by atoms with van der Waals surface area (Å²) < 4.78 is 18.6. The Morgan fingerprint density at radius 1 is 1.50 bits per heavy atom. The highest BCUT2D eigenvalue weighted by molar-refractivity contribution is 5.76. The normalized spacial score (nSPS) is 21.8. The van der Waals surface area contributed by atoms with Crippen molar-refractivity contribution in [1.29, 1.82) is 0 Å². The number of halogens is 1. The standard InChI is InChI=1S/C15H21FN2O2/c1-20-12-6-5-11(13(16)8-12)9-18-15(19)7-10-3-2-4-14(10)17/h5-6,8,10,14H,2-4,7,9,17H2,1H3,(H,18,19)/t10-,14+/m0/s1. The Balaban J connectivity index is 1.84. The number of benzene rings is 1. The number of rotatable bonds is 5. The van der Waals surface area contributed by atoms with Crippen LogP contribution in [-0.2, 0) is 11.3 Å². The summed E-state index contributed by atoms with van der Waals surface area (Å²) in [6.07, 6.45) is 3.52. The van der Waals surface area contributed by atoms with Gasteiger partial charge in [-0.05, 0) is 24.8 Å². The van der Waals surface area contributed by atoms with Gasteiger partial charge in [0.1, 0.15) is 11.6 Å². The summed E-state index contributed by atoms with van der Waals surface area (Å²) in [7, 11) is 1.49. The zero-order chi connectivity index (χ0) is 14.5. The first-order valence-electron chi connectivity index (χ1n) is 6.95. The molecule has 1 saturated carbocycles. The molecule has 0 spiro atoms. The highest BCUT2D eigenvalue weighted by atomic mass is 19.1. The van der Waals surface area contributed by atoms with E-state index in [4.69, 9.17) is 10.5 Å². The van der Waals surface area contributed by atoms with Crippen molar-refractivity contribution in [2.45, 2.75) is 38.3 Å². The molecule has 0 radical (unpaired) electrons. The molecule has 1 aromatic carbocycles. The molecule has 1 aliphatic rings. The van der Waals surface area contributed by atoms with Crippen molar-refractivity contribution in [2.75, 3.05) is 7.11 Å². The number of amides is 1. The van der Waals surface area contributed by atoms with Crippen LogP contribution >= 0.6 is 0 Å². The lowest BCUT2D eigenvalue weighted by Gasteiger charge is -2.15. The molecule has 3 N–H and O–H groups in total. The van der Waals surface area contributed by atoms with Crippen molar-refractivity contribution in [1.82, 2.24) is 5.32 Å². The van der Waals surface area contributed by atoms with Gasteiger partial charge in [-0.3, -0.25) is 4.79 Å². The van der Waals surface area contributed by atoms with E-state index in [1.807, 2.05) is 0 Å². The fourth-order valence-corrected chi connectivity index (χ4v) is 2.62. The largest absolute Gasteiger partial charge is 0.497 e. The Morgan fingerprint density at radius 2 is 2.30 bits per heavy atom. The first-order valence-corrected chi connectivity index (χ1v) is 6.95. The Bertz CT molecular complexity index is 479. The van der Waals surface area contributed by atoms with E-state index >= 15 is 0 Å². The highest BCUT2D eigenvalue weighted by Crippen LogP contribution is 2.26. The third-order valence-electron chi connectivity index (χ3n) is 3.90. The summed E-state index contributed by atoms with van der Waals surface area (Å²) in [4.78, 5) is 11.8. The average Bonchev–Trinajstić information content (AvgIpc) is 2.82. The van der Waals surface area contributed by atoms with Crippen LogP contribution in [0.25, 0.3) is 0 Å². The van der Waals surface area contributed by atoms with Crippen molar-refractivity contribution in [2.24, 2.45) is 11.7 Å².